The molecule has 0 bridgehead atoms. The quantitative estimate of drug-likeness (QED) is 0.216. The number of hydrazine groups is 1. The first-order valence-electron chi connectivity index (χ1n) is 3.21. The standard InChI is InChI=1S/C4H9N5O3S/c1-13-3-2-8(7-10)4(5)6-9(11)12/h2-3H2,1H3,(H2,5,6). The summed E-state index contributed by atoms with van der Waals surface area (Å²) in [6.45, 7) is 0.171. The molecule has 0 saturated heterocycles. The largest absolute Gasteiger partial charge is 0.277 e. The van der Waals surface area contributed by atoms with Crippen molar-refractivity contribution in [1.82, 2.24) is 10.4 Å². The molecule has 0 saturated carbocycles. The molecule has 0 aromatic rings. The maximum atomic E-state index is 10.1. The molecule has 2 N–H and O–H groups in total. The maximum Gasteiger partial charge on any atom is 0.277 e. The van der Waals surface area contributed by atoms with Crippen LogP contribution in [0.2, 0.25) is 0 Å². The Balaban J connectivity index is 3.99. The van der Waals surface area contributed by atoms with Crippen molar-refractivity contribution < 1.29 is 5.03 Å². The third-order valence-corrected chi connectivity index (χ3v) is 1.65. The van der Waals surface area contributed by atoms with Crippen LogP contribution in [-0.2, 0) is 0 Å². The summed E-state index contributed by atoms with van der Waals surface area (Å²) in [6, 6.07) is 0. The summed E-state index contributed by atoms with van der Waals surface area (Å²) < 4.78 is 0. The van der Waals surface area contributed by atoms with E-state index in [0.29, 0.717) is 10.8 Å². The third-order valence-electron chi connectivity index (χ3n) is 1.06. The summed E-state index contributed by atoms with van der Waals surface area (Å²) in [6.07, 6.45) is 1.81. The van der Waals surface area contributed by atoms with Crippen LogP contribution in [0.5, 0.6) is 0 Å². The van der Waals surface area contributed by atoms with E-state index in [1.54, 1.807) is 0 Å². The second-order valence-corrected chi connectivity index (χ2v) is 2.90. The van der Waals surface area contributed by atoms with E-state index < -0.39 is 11.0 Å². The number of nitro groups is 1. The highest BCUT2D eigenvalue weighted by Crippen LogP contribution is 1.95. The molecule has 0 fully saturated rings. The number of hydrogen-bond acceptors (Lipinski definition) is 6. The van der Waals surface area contributed by atoms with E-state index in [9.17, 15) is 15.0 Å². The first-order valence-corrected chi connectivity index (χ1v) is 4.60. The van der Waals surface area contributed by atoms with Gasteiger partial charge in [0.05, 0.1) is 11.8 Å². The zero-order valence-corrected chi connectivity index (χ0v) is 7.71. The molecule has 0 unspecified atom stereocenters. The second-order valence-electron chi connectivity index (χ2n) is 1.92. The second kappa shape index (κ2) is 6.17. The van der Waals surface area contributed by atoms with E-state index in [1.807, 2.05) is 6.26 Å². The predicted molar refractivity (Wildman–Crippen MR) is 48.7 cm³/mol. The van der Waals surface area contributed by atoms with Gasteiger partial charge in [-0.1, -0.05) is 5.43 Å². The van der Waals surface area contributed by atoms with Crippen molar-refractivity contribution in [3.63, 3.8) is 0 Å². The highest BCUT2D eigenvalue weighted by Gasteiger charge is 2.13. The van der Waals surface area contributed by atoms with Gasteiger partial charge in [0.25, 0.3) is 5.96 Å². The monoisotopic (exact) mass is 207 g/mol. The van der Waals surface area contributed by atoms with Crippen molar-refractivity contribution in [2.45, 2.75) is 0 Å². The molecule has 0 radical (unpaired) electrons. The van der Waals surface area contributed by atoms with E-state index in [-0.39, 0.29) is 6.54 Å². The van der Waals surface area contributed by atoms with Gasteiger partial charge in [-0.05, 0) is 6.26 Å². The fourth-order valence-electron chi connectivity index (χ4n) is 0.515. The minimum atomic E-state index is -0.917. The zero-order valence-electron chi connectivity index (χ0n) is 6.89. The van der Waals surface area contributed by atoms with Gasteiger partial charge in [-0.15, -0.1) is 4.91 Å². The van der Waals surface area contributed by atoms with Crippen molar-refractivity contribution in [1.29, 1.82) is 5.41 Å². The Bertz CT molecular complexity index is 210. The van der Waals surface area contributed by atoms with Gasteiger partial charge in [0.15, 0.2) is 5.03 Å². The van der Waals surface area contributed by atoms with Gasteiger partial charge in [-0.2, -0.15) is 16.8 Å². The summed E-state index contributed by atoms with van der Waals surface area (Å²) in [5.41, 5.74) is 1.53. The molecule has 13 heavy (non-hydrogen) atoms. The number of hydrogen-bond donors (Lipinski definition) is 2. The Kier molecular flexibility index (Phi) is 5.52. The smallest absolute Gasteiger partial charge is 0.263 e. The lowest BCUT2D eigenvalue weighted by atomic mass is 10.7. The van der Waals surface area contributed by atoms with Gasteiger partial charge in [0.1, 0.15) is 0 Å². The number of rotatable bonds is 5. The molecular weight excluding hydrogens is 198 g/mol. The van der Waals surface area contributed by atoms with Gasteiger partial charge >= 0.3 is 0 Å². The lowest BCUT2D eigenvalue weighted by Gasteiger charge is -2.11. The maximum absolute atomic E-state index is 10.1. The Morgan fingerprint density at radius 1 is 1.85 bits per heavy atom. The fourth-order valence-corrected chi connectivity index (χ4v) is 0.871. The highest BCUT2D eigenvalue weighted by molar-refractivity contribution is 7.98. The van der Waals surface area contributed by atoms with Gasteiger partial charge in [-0.3, -0.25) is 5.41 Å². The van der Waals surface area contributed by atoms with Gasteiger partial charge in [0.2, 0.25) is 0 Å². The van der Waals surface area contributed by atoms with E-state index >= 15 is 0 Å². The molecule has 0 spiro atoms. The summed E-state index contributed by atoms with van der Waals surface area (Å²) in [5.74, 6) is -0.0675. The third kappa shape index (κ3) is 4.95. The Morgan fingerprint density at radius 2 is 2.46 bits per heavy atom. The SMILES string of the molecule is CSCCN(N=O)C(=N)N[N+](=O)[O-]. The molecule has 0 aromatic carbocycles. The van der Waals surface area contributed by atoms with Crippen LogP contribution >= 0.6 is 11.8 Å². The topological polar surface area (TPSA) is 112 Å². The number of nitrogens with one attached hydrogen (secondary N) is 2. The van der Waals surface area contributed by atoms with Crippen LogP contribution < -0.4 is 5.43 Å². The first kappa shape index (κ1) is 11.6. The molecule has 8 nitrogen and oxygen atoms in total. The van der Waals surface area contributed by atoms with Crippen molar-refractivity contribution in [2.24, 2.45) is 5.29 Å². The fraction of sp³-hybridized carbons (Fsp3) is 0.750. The van der Waals surface area contributed by atoms with Crippen LogP contribution in [0, 0.1) is 20.4 Å². The van der Waals surface area contributed by atoms with Crippen molar-refractivity contribution in [3.05, 3.63) is 15.0 Å². The van der Waals surface area contributed by atoms with Crippen LogP contribution in [0.4, 0.5) is 0 Å². The summed E-state index contributed by atoms with van der Waals surface area (Å²) in [5, 5.41) is 19.1. The molecule has 0 aromatic heterocycles. The van der Waals surface area contributed by atoms with Crippen molar-refractivity contribution in [2.75, 3.05) is 18.6 Å². The molecule has 74 valence electrons. The molecule has 0 atom stereocenters. The molecule has 0 aliphatic carbocycles. The van der Waals surface area contributed by atoms with Crippen LogP contribution in [0.15, 0.2) is 5.29 Å². The molecule has 0 heterocycles. The molecule has 0 aliphatic heterocycles. The molecular formula is C4H9N5O3S. The Labute approximate surface area is 78.2 Å². The number of thioether (sulfide) groups is 1. The molecule has 0 rings (SSSR count). The van der Waals surface area contributed by atoms with Gasteiger partial charge in [0, 0.05) is 5.75 Å². The minimum absolute atomic E-state index is 0.171. The van der Waals surface area contributed by atoms with Gasteiger partial charge < -0.3 is 0 Å². The lowest BCUT2D eigenvalue weighted by molar-refractivity contribution is -0.526. The normalized spacial score (nSPS) is 9.00. The van der Waals surface area contributed by atoms with Gasteiger partial charge in [-0.25, -0.2) is 10.1 Å². The van der Waals surface area contributed by atoms with Crippen molar-refractivity contribution in [3.8, 4) is 0 Å². The van der Waals surface area contributed by atoms with Crippen LogP contribution in [-0.4, -0.2) is 34.6 Å². The number of nitrogens with zero attached hydrogens (tertiary/aromatic N) is 3. The summed E-state index contributed by atoms with van der Waals surface area (Å²) in [4.78, 5) is 20.0. The van der Waals surface area contributed by atoms with E-state index in [4.69, 9.17) is 5.41 Å². The molecule has 0 aliphatic rings. The van der Waals surface area contributed by atoms with Crippen LogP contribution in [0.1, 0.15) is 0 Å². The Morgan fingerprint density at radius 3 is 2.85 bits per heavy atom. The van der Waals surface area contributed by atoms with Crippen molar-refractivity contribution >= 4 is 17.7 Å². The number of nitroso groups, excluding NO2 is 1. The molecule has 9 heteroatoms. The van der Waals surface area contributed by atoms with Crippen LogP contribution in [0.25, 0.3) is 0 Å². The average molecular weight is 207 g/mol. The molecule has 0 amide bonds. The number of guanidine groups is 1. The van der Waals surface area contributed by atoms with Crippen LogP contribution in [0.3, 0.4) is 0 Å². The minimum Gasteiger partial charge on any atom is -0.263 e. The highest BCUT2D eigenvalue weighted by atomic mass is 32.2. The summed E-state index contributed by atoms with van der Waals surface area (Å²) in [7, 11) is 0. The Hall–Kier alpha value is -1.38. The lowest BCUT2D eigenvalue weighted by Crippen LogP contribution is -2.41. The predicted octanol–water partition coefficient (Wildman–Crippen LogP) is 0.0489. The first-order chi connectivity index (χ1) is 6.11. The zero-order chi connectivity index (χ0) is 10.3. The average Bonchev–Trinajstić information content (AvgIpc) is 2.04. The summed E-state index contributed by atoms with van der Waals surface area (Å²) >= 11 is 1.45. The van der Waals surface area contributed by atoms with E-state index in [0.717, 1.165) is 0 Å². The van der Waals surface area contributed by atoms with E-state index in [2.05, 4.69) is 5.29 Å². The van der Waals surface area contributed by atoms with E-state index in [1.165, 1.54) is 17.2 Å².